The van der Waals surface area contributed by atoms with E-state index in [1.807, 2.05) is 13.8 Å². The summed E-state index contributed by atoms with van der Waals surface area (Å²) in [7, 11) is 0. The van der Waals surface area contributed by atoms with E-state index in [2.05, 4.69) is 16.4 Å². The first-order valence-electron chi connectivity index (χ1n) is 6.74. The van der Waals surface area contributed by atoms with Crippen LogP contribution in [0, 0.1) is 30.6 Å². The molecule has 0 atom stereocenters. The second-order valence-electron chi connectivity index (χ2n) is 5.22. The lowest BCUT2D eigenvalue weighted by molar-refractivity contribution is -0.123. The number of nitriles is 1. The zero-order valence-electron chi connectivity index (χ0n) is 11.5. The topological polar surface area (TPSA) is 65.8 Å². The zero-order valence-corrected chi connectivity index (χ0v) is 12.3. The smallest absolute Gasteiger partial charge is 0.246 e. The molecule has 1 saturated carbocycles. The van der Waals surface area contributed by atoms with Gasteiger partial charge in [-0.25, -0.2) is 4.98 Å². The number of carbonyl (C=O) groups is 1. The Bertz CT molecular complexity index is 488. The van der Waals surface area contributed by atoms with Crippen LogP contribution in [0.15, 0.2) is 0 Å². The molecule has 1 fully saturated rings. The van der Waals surface area contributed by atoms with Gasteiger partial charge in [0.15, 0.2) is 5.13 Å². The number of carbonyl (C=O) groups excluding carboxylic acids is 1. The van der Waals surface area contributed by atoms with Gasteiger partial charge in [0.1, 0.15) is 5.41 Å². The molecule has 0 unspecified atom stereocenters. The first kappa shape index (κ1) is 14.0. The van der Waals surface area contributed by atoms with Crippen molar-refractivity contribution >= 4 is 22.4 Å². The molecule has 5 heteroatoms. The number of rotatable bonds is 2. The van der Waals surface area contributed by atoms with E-state index in [4.69, 9.17) is 0 Å². The number of amides is 1. The van der Waals surface area contributed by atoms with Crippen molar-refractivity contribution in [1.29, 1.82) is 5.26 Å². The fourth-order valence-electron chi connectivity index (χ4n) is 2.46. The lowest BCUT2D eigenvalue weighted by Crippen LogP contribution is -2.34. The number of hydrogen-bond acceptors (Lipinski definition) is 4. The van der Waals surface area contributed by atoms with Gasteiger partial charge in [-0.05, 0) is 26.7 Å². The minimum Gasteiger partial charge on any atom is -0.301 e. The highest BCUT2D eigenvalue weighted by atomic mass is 32.1. The summed E-state index contributed by atoms with van der Waals surface area (Å²) in [6.45, 7) is 3.90. The third-order valence-corrected chi connectivity index (χ3v) is 4.84. The number of nitrogens with one attached hydrogen (secondary N) is 1. The second kappa shape index (κ2) is 5.70. The first-order chi connectivity index (χ1) is 9.07. The molecule has 0 radical (unpaired) electrons. The standard InChI is InChI=1S/C14H19N3OS/c1-10-11(2)19-13(16-10)17-12(18)14(9-15)7-5-3-4-6-8-14/h3-8H2,1-2H3,(H,16,17,18). The molecule has 102 valence electrons. The van der Waals surface area contributed by atoms with E-state index in [1.165, 1.54) is 11.3 Å². The zero-order chi connectivity index (χ0) is 13.9. The minimum atomic E-state index is -0.857. The summed E-state index contributed by atoms with van der Waals surface area (Å²) < 4.78 is 0. The van der Waals surface area contributed by atoms with Crippen LogP contribution in [-0.2, 0) is 4.79 Å². The summed E-state index contributed by atoms with van der Waals surface area (Å²) in [5.41, 5.74) is 0.0800. The van der Waals surface area contributed by atoms with Gasteiger partial charge in [0.05, 0.1) is 11.8 Å². The Balaban J connectivity index is 2.14. The summed E-state index contributed by atoms with van der Waals surface area (Å²) in [4.78, 5) is 17.8. The van der Waals surface area contributed by atoms with E-state index in [0.29, 0.717) is 18.0 Å². The SMILES string of the molecule is Cc1nc(NC(=O)C2(C#N)CCCCCC2)sc1C. The van der Waals surface area contributed by atoms with Crippen LogP contribution in [0.3, 0.4) is 0 Å². The number of aryl methyl sites for hydroxylation is 2. The molecular formula is C14H19N3OS. The second-order valence-corrected chi connectivity index (χ2v) is 6.43. The van der Waals surface area contributed by atoms with Gasteiger partial charge in [0.2, 0.25) is 5.91 Å². The van der Waals surface area contributed by atoms with Crippen molar-refractivity contribution in [2.45, 2.75) is 52.4 Å². The largest absolute Gasteiger partial charge is 0.301 e. The van der Waals surface area contributed by atoms with Crippen LogP contribution in [0.25, 0.3) is 0 Å². The molecule has 1 aromatic heterocycles. The van der Waals surface area contributed by atoms with Gasteiger partial charge in [0, 0.05) is 4.88 Å². The van der Waals surface area contributed by atoms with Crippen molar-refractivity contribution in [3.05, 3.63) is 10.6 Å². The molecule has 0 aromatic carbocycles. The third kappa shape index (κ3) is 2.95. The van der Waals surface area contributed by atoms with Crippen LogP contribution >= 0.6 is 11.3 Å². The molecule has 1 aliphatic rings. The Labute approximate surface area is 117 Å². The van der Waals surface area contributed by atoms with Gasteiger partial charge in [-0.3, -0.25) is 4.79 Å². The van der Waals surface area contributed by atoms with Crippen molar-refractivity contribution in [2.24, 2.45) is 5.41 Å². The molecule has 0 bridgehead atoms. The van der Waals surface area contributed by atoms with E-state index in [1.54, 1.807) is 0 Å². The van der Waals surface area contributed by atoms with Crippen LogP contribution in [0.2, 0.25) is 0 Å². The van der Waals surface area contributed by atoms with Gasteiger partial charge in [-0.1, -0.05) is 25.7 Å². The molecule has 2 rings (SSSR count). The van der Waals surface area contributed by atoms with Crippen LogP contribution in [0.1, 0.15) is 49.1 Å². The van der Waals surface area contributed by atoms with Crippen molar-refractivity contribution in [3.8, 4) is 6.07 Å². The predicted molar refractivity (Wildman–Crippen MR) is 76.0 cm³/mol. The number of anilines is 1. The quantitative estimate of drug-likeness (QED) is 0.840. The van der Waals surface area contributed by atoms with Crippen LogP contribution < -0.4 is 5.32 Å². The molecule has 1 heterocycles. The van der Waals surface area contributed by atoms with E-state index in [-0.39, 0.29) is 5.91 Å². The van der Waals surface area contributed by atoms with Gasteiger partial charge < -0.3 is 5.32 Å². The predicted octanol–water partition coefficient (Wildman–Crippen LogP) is 3.56. The summed E-state index contributed by atoms with van der Waals surface area (Å²) in [5.74, 6) is -0.175. The summed E-state index contributed by atoms with van der Waals surface area (Å²) in [5, 5.41) is 12.9. The summed E-state index contributed by atoms with van der Waals surface area (Å²) in [6, 6.07) is 2.26. The summed E-state index contributed by atoms with van der Waals surface area (Å²) >= 11 is 1.47. The van der Waals surface area contributed by atoms with E-state index < -0.39 is 5.41 Å². The minimum absolute atomic E-state index is 0.175. The molecule has 1 N–H and O–H groups in total. The Morgan fingerprint density at radius 2 is 1.95 bits per heavy atom. The Morgan fingerprint density at radius 3 is 2.42 bits per heavy atom. The van der Waals surface area contributed by atoms with Gasteiger partial charge in [-0.15, -0.1) is 11.3 Å². The highest BCUT2D eigenvalue weighted by Gasteiger charge is 2.39. The molecule has 1 aromatic rings. The van der Waals surface area contributed by atoms with Gasteiger partial charge >= 0.3 is 0 Å². The normalized spacial score (nSPS) is 18.4. The number of hydrogen-bond donors (Lipinski definition) is 1. The number of aromatic nitrogens is 1. The highest BCUT2D eigenvalue weighted by Crippen LogP contribution is 2.36. The number of nitrogens with zero attached hydrogens (tertiary/aromatic N) is 2. The number of thiazole rings is 1. The van der Waals surface area contributed by atoms with Crippen LogP contribution in [-0.4, -0.2) is 10.9 Å². The molecule has 19 heavy (non-hydrogen) atoms. The highest BCUT2D eigenvalue weighted by molar-refractivity contribution is 7.15. The molecule has 0 spiro atoms. The maximum Gasteiger partial charge on any atom is 0.246 e. The molecule has 1 aliphatic carbocycles. The molecular weight excluding hydrogens is 258 g/mol. The lowest BCUT2D eigenvalue weighted by atomic mass is 9.81. The molecule has 1 amide bonds. The maximum absolute atomic E-state index is 12.4. The van der Waals surface area contributed by atoms with E-state index >= 15 is 0 Å². The van der Waals surface area contributed by atoms with Crippen LogP contribution in [0.4, 0.5) is 5.13 Å². The van der Waals surface area contributed by atoms with Crippen molar-refractivity contribution in [1.82, 2.24) is 4.98 Å². The average molecular weight is 277 g/mol. The Hall–Kier alpha value is -1.41. The monoisotopic (exact) mass is 277 g/mol. The van der Waals surface area contributed by atoms with Crippen LogP contribution in [0.5, 0.6) is 0 Å². The van der Waals surface area contributed by atoms with Crippen molar-refractivity contribution < 1.29 is 4.79 Å². The fourth-order valence-corrected chi connectivity index (χ4v) is 3.27. The maximum atomic E-state index is 12.4. The third-order valence-electron chi connectivity index (χ3n) is 3.85. The molecule has 0 aliphatic heterocycles. The van der Waals surface area contributed by atoms with Gasteiger partial charge in [-0.2, -0.15) is 5.26 Å². The lowest BCUT2D eigenvalue weighted by Gasteiger charge is -2.22. The van der Waals surface area contributed by atoms with E-state index in [9.17, 15) is 10.1 Å². The average Bonchev–Trinajstić information content (AvgIpc) is 2.60. The van der Waals surface area contributed by atoms with Crippen molar-refractivity contribution in [2.75, 3.05) is 5.32 Å². The van der Waals surface area contributed by atoms with Gasteiger partial charge in [0.25, 0.3) is 0 Å². The Kier molecular flexibility index (Phi) is 4.20. The summed E-state index contributed by atoms with van der Waals surface area (Å²) in [6.07, 6.45) is 5.48. The molecule has 4 nitrogen and oxygen atoms in total. The Morgan fingerprint density at radius 1 is 1.32 bits per heavy atom. The van der Waals surface area contributed by atoms with Crippen molar-refractivity contribution in [3.63, 3.8) is 0 Å². The molecule has 0 saturated heterocycles. The fraction of sp³-hybridized carbons (Fsp3) is 0.643. The van der Waals surface area contributed by atoms with E-state index in [0.717, 1.165) is 36.3 Å². The first-order valence-corrected chi connectivity index (χ1v) is 7.56.